The van der Waals surface area contributed by atoms with Gasteiger partial charge in [0.15, 0.2) is 5.13 Å². The Bertz CT molecular complexity index is 1530. The highest BCUT2D eigenvalue weighted by Crippen LogP contribution is 2.30. The molecule has 0 radical (unpaired) electrons. The summed E-state index contributed by atoms with van der Waals surface area (Å²) in [6, 6.07) is 11.9. The van der Waals surface area contributed by atoms with E-state index in [4.69, 9.17) is 21.1 Å². The molecular formula is C27H23ClN4O7S. The highest BCUT2D eigenvalue weighted by atomic mass is 35.5. The van der Waals surface area contributed by atoms with Gasteiger partial charge < -0.3 is 14.8 Å². The van der Waals surface area contributed by atoms with E-state index in [1.807, 2.05) is 0 Å². The molecular weight excluding hydrogens is 560 g/mol. The molecule has 11 nitrogen and oxygen atoms in total. The number of aryl methyl sites for hydroxylation is 1. The van der Waals surface area contributed by atoms with E-state index in [1.54, 1.807) is 20.8 Å². The molecule has 0 bridgehead atoms. The van der Waals surface area contributed by atoms with Crippen molar-refractivity contribution in [1.29, 1.82) is 0 Å². The molecule has 2 N–H and O–H groups in total. The molecule has 1 aliphatic rings. The number of carbonyl (C=O) groups is 5. The molecule has 0 spiro atoms. The fourth-order valence-electron chi connectivity index (χ4n) is 3.66. The smallest absolute Gasteiger partial charge is 0.350 e. The van der Waals surface area contributed by atoms with Crippen molar-refractivity contribution in [2.24, 2.45) is 0 Å². The van der Waals surface area contributed by atoms with Gasteiger partial charge >= 0.3 is 11.9 Å². The van der Waals surface area contributed by atoms with Crippen LogP contribution in [0.1, 0.15) is 49.9 Å². The summed E-state index contributed by atoms with van der Waals surface area (Å²) < 4.78 is 9.93. The number of hydrogen-bond donors (Lipinski definition) is 2. The number of benzene rings is 2. The molecule has 1 aliphatic heterocycles. The van der Waals surface area contributed by atoms with Gasteiger partial charge in [0.1, 0.15) is 15.6 Å². The third kappa shape index (κ3) is 5.87. The lowest BCUT2D eigenvalue weighted by molar-refractivity contribution is -0.120. The summed E-state index contributed by atoms with van der Waals surface area (Å²) in [5, 5.41) is 5.42. The average molecular weight is 583 g/mol. The molecule has 0 fully saturated rings. The molecule has 13 heteroatoms. The number of nitrogens with zero attached hydrogens (tertiary/aromatic N) is 2. The van der Waals surface area contributed by atoms with Crippen LogP contribution < -0.4 is 15.5 Å². The van der Waals surface area contributed by atoms with E-state index in [1.165, 1.54) is 48.5 Å². The van der Waals surface area contributed by atoms with Crippen molar-refractivity contribution >= 4 is 69.1 Å². The predicted octanol–water partition coefficient (Wildman–Crippen LogP) is 4.49. The van der Waals surface area contributed by atoms with Crippen LogP contribution in [0.2, 0.25) is 0 Å². The van der Waals surface area contributed by atoms with Gasteiger partial charge in [-0.05, 0) is 69.3 Å². The normalized spacial score (nSPS) is 12.9. The molecule has 0 unspecified atom stereocenters. The van der Waals surface area contributed by atoms with Gasteiger partial charge in [0.2, 0.25) is 0 Å². The van der Waals surface area contributed by atoms with Crippen LogP contribution in [0.25, 0.3) is 0 Å². The number of carbonyl (C=O) groups excluding carboxylic acids is 5. The second-order valence-electron chi connectivity index (χ2n) is 8.21. The number of aromatic nitrogens is 1. The molecule has 2 aromatic carbocycles. The Balaban J connectivity index is 1.43. The summed E-state index contributed by atoms with van der Waals surface area (Å²) in [5.74, 6) is -2.90. The molecule has 3 amide bonds. The Hall–Kier alpha value is -4.55. The van der Waals surface area contributed by atoms with Crippen molar-refractivity contribution in [3.63, 3.8) is 0 Å². The van der Waals surface area contributed by atoms with E-state index in [-0.39, 0.29) is 45.9 Å². The van der Waals surface area contributed by atoms with Crippen molar-refractivity contribution in [3.8, 4) is 0 Å². The zero-order valence-electron chi connectivity index (χ0n) is 21.6. The van der Waals surface area contributed by atoms with Gasteiger partial charge in [-0.3, -0.25) is 19.7 Å². The first-order valence-corrected chi connectivity index (χ1v) is 13.2. The lowest BCUT2D eigenvalue weighted by Gasteiger charge is -2.15. The Morgan fingerprint density at radius 1 is 0.900 bits per heavy atom. The quantitative estimate of drug-likeness (QED) is 0.275. The molecule has 4 rings (SSSR count). The molecule has 0 saturated heterocycles. The van der Waals surface area contributed by atoms with Crippen LogP contribution in [0.15, 0.2) is 59.3 Å². The zero-order chi connectivity index (χ0) is 29.0. The number of thiazole rings is 1. The highest BCUT2D eigenvalue weighted by molar-refractivity contribution is 7.17. The Labute approximate surface area is 237 Å². The van der Waals surface area contributed by atoms with E-state index in [0.29, 0.717) is 16.3 Å². The maximum atomic E-state index is 13.1. The number of imide groups is 1. The van der Waals surface area contributed by atoms with E-state index >= 15 is 0 Å². The third-order valence-corrected chi connectivity index (χ3v) is 6.96. The fraction of sp³-hybridized carbons (Fsp3) is 0.185. The van der Waals surface area contributed by atoms with E-state index in [0.717, 1.165) is 16.2 Å². The van der Waals surface area contributed by atoms with Crippen LogP contribution in [0.4, 0.5) is 16.5 Å². The zero-order valence-corrected chi connectivity index (χ0v) is 23.1. The van der Waals surface area contributed by atoms with Crippen LogP contribution in [0, 0.1) is 6.92 Å². The van der Waals surface area contributed by atoms with Gasteiger partial charge in [-0.1, -0.05) is 22.9 Å². The third-order valence-electron chi connectivity index (χ3n) is 5.56. The van der Waals surface area contributed by atoms with Gasteiger partial charge in [0, 0.05) is 11.3 Å². The minimum absolute atomic E-state index is 0.136. The highest BCUT2D eigenvalue weighted by Gasteiger charge is 2.39. The Morgan fingerprint density at radius 2 is 1.50 bits per heavy atom. The van der Waals surface area contributed by atoms with E-state index in [2.05, 4.69) is 15.6 Å². The van der Waals surface area contributed by atoms with Crippen molar-refractivity contribution < 1.29 is 33.4 Å². The topological polar surface area (TPSA) is 144 Å². The van der Waals surface area contributed by atoms with Crippen molar-refractivity contribution in [2.45, 2.75) is 20.8 Å². The Kier molecular flexibility index (Phi) is 8.61. The number of esters is 2. The van der Waals surface area contributed by atoms with E-state index in [9.17, 15) is 24.0 Å². The lowest BCUT2D eigenvalue weighted by atomic mass is 10.2. The second-order valence-corrected chi connectivity index (χ2v) is 9.59. The summed E-state index contributed by atoms with van der Waals surface area (Å²) in [6.07, 6.45) is 0. The van der Waals surface area contributed by atoms with Gasteiger partial charge in [0.05, 0.1) is 30.2 Å². The van der Waals surface area contributed by atoms with Crippen LogP contribution in [-0.2, 0) is 19.1 Å². The van der Waals surface area contributed by atoms with Gasteiger partial charge in [-0.15, -0.1) is 0 Å². The predicted molar refractivity (Wildman–Crippen MR) is 149 cm³/mol. The van der Waals surface area contributed by atoms with Crippen LogP contribution in [0.5, 0.6) is 0 Å². The molecule has 3 aromatic rings. The van der Waals surface area contributed by atoms with Crippen LogP contribution >= 0.6 is 22.9 Å². The molecule has 1 aromatic heterocycles. The first-order valence-electron chi connectivity index (χ1n) is 12.0. The first-order chi connectivity index (χ1) is 19.1. The standard InChI is InChI=1S/C27H23ClN4O7S/c1-4-38-25(36)16-8-12-18(13-9-16)32-23(34)19(28)20(24(32)35)30-17-10-6-15(7-11-17)22(33)31-27-29-14(3)21(40-27)26(37)39-5-2/h6-13,30H,4-5H2,1-3H3,(H,29,31,33). The second kappa shape index (κ2) is 12.1. The molecule has 0 saturated carbocycles. The van der Waals surface area contributed by atoms with Crippen LogP contribution in [-0.4, -0.2) is 47.9 Å². The number of anilines is 3. The molecule has 206 valence electrons. The average Bonchev–Trinajstić information content (AvgIpc) is 3.40. The molecule has 0 atom stereocenters. The number of hydrogen-bond acceptors (Lipinski definition) is 10. The minimum atomic E-state index is -0.727. The molecule has 2 heterocycles. The van der Waals surface area contributed by atoms with E-state index < -0.39 is 29.7 Å². The SMILES string of the molecule is CCOC(=O)c1ccc(N2C(=O)C(Cl)=C(Nc3ccc(C(=O)Nc4nc(C)c(C(=O)OCC)s4)cc3)C2=O)cc1. The maximum Gasteiger partial charge on any atom is 0.350 e. The molecule has 0 aliphatic carbocycles. The summed E-state index contributed by atoms with van der Waals surface area (Å²) in [6.45, 7) is 5.47. The number of rotatable bonds is 9. The first kappa shape index (κ1) is 28.5. The van der Waals surface area contributed by atoms with Crippen molar-refractivity contribution in [2.75, 3.05) is 28.7 Å². The minimum Gasteiger partial charge on any atom is -0.462 e. The number of amides is 3. The van der Waals surface area contributed by atoms with Crippen molar-refractivity contribution in [3.05, 3.63) is 81.0 Å². The van der Waals surface area contributed by atoms with Crippen LogP contribution in [0.3, 0.4) is 0 Å². The summed E-state index contributed by atoms with van der Waals surface area (Å²) in [4.78, 5) is 67.8. The largest absolute Gasteiger partial charge is 0.462 e. The molecule has 40 heavy (non-hydrogen) atoms. The van der Waals surface area contributed by atoms with Gasteiger partial charge in [-0.2, -0.15) is 0 Å². The fourth-order valence-corrected chi connectivity index (χ4v) is 4.73. The summed E-state index contributed by atoms with van der Waals surface area (Å²) in [7, 11) is 0. The summed E-state index contributed by atoms with van der Waals surface area (Å²) in [5.41, 5.74) is 1.50. The van der Waals surface area contributed by atoms with Gasteiger partial charge in [-0.25, -0.2) is 19.5 Å². The number of nitrogens with one attached hydrogen (secondary N) is 2. The number of halogens is 1. The van der Waals surface area contributed by atoms with Gasteiger partial charge in [0.25, 0.3) is 17.7 Å². The Morgan fingerprint density at radius 3 is 2.12 bits per heavy atom. The summed E-state index contributed by atoms with van der Waals surface area (Å²) >= 11 is 7.21. The number of ether oxygens (including phenoxy) is 2. The monoisotopic (exact) mass is 582 g/mol. The van der Waals surface area contributed by atoms with Crippen molar-refractivity contribution in [1.82, 2.24) is 4.98 Å². The lowest BCUT2D eigenvalue weighted by Crippen LogP contribution is -2.32. The maximum absolute atomic E-state index is 13.1.